The summed E-state index contributed by atoms with van der Waals surface area (Å²) in [4.78, 5) is 12.5. The summed E-state index contributed by atoms with van der Waals surface area (Å²) in [6.07, 6.45) is 9.17. The Morgan fingerprint density at radius 3 is 2.59 bits per heavy atom. The maximum Gasteiger partial charge on any atom is 0.186 e. The van der Waals surface area contributed by atoms with E-state index < -0.39 is 0 Å². The average molecular weight is 311 g/mol. The first kappa shape index (κ1) is 13.5. The number of furan rings is 1. The Balaban J connectivity index is 1.79. The van der Waals surface area contributed by atoms with Crippen molar-refractivity contribution in [1.29, 1.82) is 0 Å². The highest BCUT2D eigenvalue weighted by molar-refractivity contribution is 7.19. The van der Waals surface area contributed by atoms with Crippen LogP contribution in [0.2, 0.25) is 0 Å². The SMILES string of the molecule is c1coc(-c2nc(N3CCCCC3)sc2-c2ccncc2)c1. The number of thiazole rings is 1. The second-order valence-electron chi connectivity index (χ2n) is 5.44. The Hall–Kier alpha value is -2.14. The Morgan fingerprint density at radius 1 is 1.05 bits per heavy atom. The molecule has 0 aromatic carbocycles. The fraction of sp³-hybridized carbons (Fsp3) is 0.294. The highest BCUT2D eigenvalue weighted by Crippen LogP contribution is 2.40. The number of hydrogen-bond donors (Lipinski definition) is 0. The van der Waals surface area contributed by atoms with Gasteiger partial charge in [-0.3, -0.25) is 4.98 Å². The van der Waals surface area contributed by atoms with Gasteiger partial charge in [-0.2, -0.15) is 0 Å². The average Bonchev–Trinajstić information content (AvgIpc) is 3.26. The molecule has 0 bridgehead atoms. The Morgan fingerprint density at radius 2 is 1.86 bits per heavy atom. The summed E-state index contributed by atoms with van der Waals surface area (Å²) in [5.41, 5.74) is 2.07. The quantitative estimate of drug-likeness (QED) is 0.716. The summed E-state index contributed by atoms with van der Waals surface area (Å²) >= 11 is 1.74. The number of rotatable bonds is 3. The molecule has 1 saturated heterocycles. The predicted octanol–water partition coefficient (Wildman–Crippen LogP) is 4.46. The van der Waals surface area contributed by atoms with Crippen LogP contribution < -0.4 is 4.90 Å². The second kappa shape index (κ2) is 5.93. The van der Waals surface area contributed by atoms with Crippen LogP contribution in [0, 0.1) is 0 Å². The third-order valence-electron chi connectivity index (χ3n) is 3.94. The van der Waals surface area contributed by atoms with Crippen LogP contribution in [0.4, 0.5) is 5.13 Å². The van der Waals surface area contributed by atoms with Gasteiger partial charge in [0.25, 0.3) is 0 Å². The van der Waals surface area contributed by atoms with Crippen molar-refractivity contribution in [1.82, 2.24) is 9.97 Å². The van der Waals surface area contributed by atoms with Gasteiger partial charge in [0.1, 0.15) is 5.69 Å². The molecule has 0 amide bonds. The van der Waals surface area contributed by atoms with Crippen LogP contribution in [0.25, 0.3) is 21.9 Å². The number of hydrogen-bond acceptors (Lipinski definition) is 5. The second-order valence-corrected chi connectivity index (χ2v) is 6.41. The maximum atomic E-state index is 5.59. The summed E-state index contributed by atoms with van der Waals surface area (Å²) in [6.45, 7) is 2.20. The first-order valence-corrected chi connectivity index (χ1v) is 8.43. The van der Waals surface area contributed by atoms with E-state index in [1.807, 2.05) is 36.7 Å². The molecule has 1 fully saturated rings. The van der Waals surface area contributed by atoms with E-state index in [1.165, 1.54) is 19.3 Å². The number of anilines is 1. The molecule has 3 aromatic heterocycles. The predicted molar refractivity (Wildman–Crippen MR) is 89.1 cm³/mol. The molecule has 112 valence electrons. The molecule has 4 nitrogen and oxygen atoms in total. The molecule has 0 saturated carbocycles. The number of nitrogens with zero attached hydrogens (tertiary/aromatic N) is 3. The standard InChI is InChI=1S/C17H17N3OS/c1-2-10-20(11-3-1)17-19-15(14-5-4-12-21-14)16(22-17)13-6-8-18-9-7-13/h4-9,12H,1-3,10-11H2. The summed E-state index contributed by atoms with van der Waals surface area (Å²) in [7, 11) is 0. The zero-order valence-electron chi connectivity index (χ0n) is 12.2. The van der Waals surface area contributed by atoms with E-state index >= 15 is 0 Å². The summed E-state index contributed by atoms with van der Waals surface area (Å²) in [5.74, 6) is 0.825. The lowest BCUT2D eigenvalue weighted by Gasteiger charge is -2.25. The fourth-order valence-electron chi connectivity index (χ4n) is 2.81. The van der Waals surface area contributed by atoms with E-state index in [-0.39, 0.29) is 0 Å². The molecular formula is C17H17N3OS. The van der Waals surface area contributed by atoms with Gasteiger partial charge >= 0.3 is 0 Å². The minimum Gasteiger partial charge on any atom is -0.463 e. The molecule has 3 aromatic rings. The topological polar surface area (TPSA) is 42.2 Å². The molecule has 1 aliphatic heterocycles. The van der Waals surface area contributed by atoms with Gasteiger partial charge in [0.15, 0.2) is 10.9 Å². The summed E-state index contributed by atoms with van der Waals surface area (Å²) in [6, 6.07) is 7.94. The highest BCUT2D eigenvalue weighted by atomic mass is 32.1. The molecule has 0 unspecified atom stereocenters. The van der Waals surface area contributed by atoms with Crippen molar-refractivity contribution in [2.45, 2.75) is 19.3 Å². The van der Waals surface area contributed by atoms with Crippen LogP contribution in [0.1, 0.15) is 19.3 Å². The Kier molecular flexibility index (Phi) is 3.64. The lowest BCUT2D eigenvalue weighted by molar-refractivity contribution is 0.573. The first-order chi connectivity index (χ1) is 10.9. The van der Waals surface area contributed by atoms with Gasteiger partial charge in [-0.1, -0.05) is 11.3 Å². The van der Waals surface area contributed by atoms with Crippen LogP contribution in [0.3, 0.4) is 0 Å². The van der Waals surface area contributed by atoms with E-state index in [9.17, 15) is 0 Å². The number of pyridine rings is 1. The van der Waals surface area contributed by atoms with Crippen LogP contribution in [-0.2, 0) is 0 Å². The van der Waals surface area contributed by atoms with E-state index in [0.717, 1.165) is 40.1 Å². The molecule has 0 spiro atoms. The van der Waals surface area contributed by atoms with Crippen LogP contribution >= 0.6 is 11.3 Å². The molecule has 0 N–H and O–H groups in total. The summed E-state index contributed by atoms with van der Waals surface area (Å²) < 4.78 is 5.59. The van der Waals surface area contributed by atoms with Crippen LogP contribution in [-0.4, -0.2) is 23.1 Å². The molecule has 5 heteroatoms. The van der Waals surface area contributed by atoms with Gasteiger partial charge in [-0.25, -0.2) is 4.98 Å². The smallest absolute Gasteiger partial charge is 0.186 e. The number of piperidine rings is 1. The lowest BCUT2D eigenvalue weighted by atomic mass is 10.1. The normalized spacial score (nSPS) is 15.2. The Bertz CT molecular complexity index is 731. The van der Waals surface area contributed by atoms with Crippen molar-refractivity contribution in [2.24, 2.45) is 0 Å². The molecule has 1 aliphatic rings. The third-order valence-corrected chi connectivity index (χ3v) is 5.10. The minimum absolute atomic E-state index is 0.825. The molecule has 0 aliphatic carbocycles. The van der Waals surface area contributed by atoms with Gasteiger partial charge in [0.05, 0.1) is 11.1 Å². The first-order valence-electron chi connectivity index (χ1n) is 7.62. The van der Waals surface area contributed by atoms with Crippen molar-refractivity contribution in [2.75, 3.05) is 18.0 Å². The number of aromatic nitrogens is 2. The minimum atomic E-state index is 0.825. The molecule has 0 radical (unpaired) electrons. The van der Waals surface area contributed by atoms with Gasteiger partial charge in [-0.15, -0.1) is 0 Å². The van der Waals surface area contributed by atoms with Crippen molar-refractivity contribution >= 4 is 16.5 Å². The third kappa shape index (κ3) is 2.52. The van der Waals surface area contributed by atoms with Crippen molar-refractivity contribution in [3.8, 4) is 21.9 Å². The molecule has 4 rings (SSSR count). The van der Waals surface area contributed by atoms with Gasteiger partial charge in [0, 0.05) is 25.5 Å². The Labute approximate surface area is 133 Å². The fourth-order valence-corrected chi connectivity index (χ4v) is 3.94. The molecule has 4 heterocycles. The van der Waals surface area contributed by atoms with E-state index in [4.69, 9.17) is 9.40 Å². The molecule has 0 atom stereocenters. The molecule has 22 heavy (non-hydrogen) atoms. The highest BCUT2D eigenvalue weighted by Gasteiger charge is 2.21. The maximum absolute atomic E-state index is 5.59. The monoisotopic (exact) mass is 311 g/mol. The van der Waals surface area contributed by atoms with E-state index in [0.29, 0.717) is 0 Å². The zero-order chi connectivity index (χ0) is 14.8. The lowest BCUT2D eigenvalue weighted by Crippen LogP contribution is -2.29. The summed E-state index contributed by atoms with van der Waals surface area (Å²) in [5, 5.41) is 1.10. The molecular weight excluding hydrogens is 294 g/mol. The van der Waals surface area contributed by atoms with E-state index in [2.05, 4.69) is 9.88 Å². The van der Waals surface area contributed by atoms with Crippen LogP contribution in [0.5, 0.6) is 0 Å². The van der Waals surface area contributed by atoms with Crippen molar-refractivity contribution < 1.29 is 4.42 Å². The van der Waals surface area contributed by atoms with Crippen molar-refractivity contribution in [3.05, 3.63) is 42.9 Å². The van der Waals surface area contributed by atoms with Gasteiger partial charge in [0.2, 0.25) is 0 Å². The zero-order valence-corrected chi connectivity index (χ0v) is 13.1. The van der Waals surface area contributed by atoms with Crippen molar-refractivity contribution in [3.63, 3.8) is 0 Å². The largest absolute Gasteiger partial charge is 0.463 e. The van der Waals surface area contributed by atoms with E-state index in [1.54, 1.807) is 17.6 Å². The van der Waals surface area contributed by atoms with Gasteiger partial charge in [-0.05, 0) is 49.1 Å². The van der Waals surface area contributed by atoms with Gasteiger partial charge < -0.3 is 9.32 Å². The van der Waals surface area contributed by atoms with Crippen LogP contribution in [0.15, 0.2) is 47.3 Å².